The van der Waals surface area contributed by atoms with E-state index in [4.69, 9.17) is 10.7 Å². The number of fused-ring (bicyclic) bond motifs is 3. The smallest absolute Gasteiger partial charge is 0.257 e. The standard InChI is InChI=1S/C22H17FN6/c1-28(18-4-2-3-15(11-18)14-5-7-16(23)8-6-14)21-19-10-9-17(24)12-20(19)29-13-25-27-22(29)26-21/h2-13H,24H2,1H3. The SMILES string of the molecule is CN(c1cccc(-c2ccc(F)cc2)c1)c1nc2nncn2c2cc(N)ccc12. The topological polar surface area (TPSA) is 72.3 Å². The molecule has 0 unspecified atom stereocenters. The van der Waals surface area contributed by atoms with Gasteiger partial charge in [-0.3, -0.25) is 4.40 Å². The number of hydrogen-bond donors (Lipinski definition) is 1. The summed E-state index contributed by atoms with van der Waals surface area (Å²) < 4.78 is 15.1. The van der Waals surface area contributed by atoms with E-state index in [0.717, 1.165) is 33.5 Å². The summed E-state index contributed by atoms with van der Waals surface area (Å²) >= 11 is 0. The molecular weight excluding hydrogens is 367 g/mol. The highest BCUT2D eigenvalue weighted by atomic mass is 19.1. The van der Waals surface area contributed by atoms with Crippen molar-refractivity contribution >= 4 is 33.9 Å². The van der Waals surface area contributed by atoms with E-state index in [2.05, 4.69) is 10.2 Å². The Kier molecular flexibility index (Phi) is 3.87. The van der Waals surface area contributed by atoms with Gasteiger partial charge in [0.25, 0.3) is 5.78 Å². The lowest BCUT2D eigenvalue weighted by Gasteiger charge is -2.21. The van der Waals surface area contributed by atoms with Crippen molar-refractivity contribution in [2.75, 3.05) is 17.7 Å². The highest BCUT2D eigenvalue weighted by molar-refractivity contribution is 5.95. The van der Waals surface area contributed by atoms with Gasteiger partial charge in [-0.1, -0.05) is 24.3 Å². The molecule has 0 atom stereocenters. The van der Waals surface area contributed by atoms with E-state index in [1.807, 2.05) is 58.8 Å². The zero-order valence-corrected chi connectivity index (χ0v) is 15.6. The summed E-state index contributed by atoms with van der Waals surface area (Å²) in [5.74, 6) is 0.995. The second kappa shape index (κ2) is 6.56. The van der Waals surface area contributed by atoms with Crippen LogP contribution in [0.25, 0.3) is 27.8 Å². The van der Waals surface area contributed by atoms with Crippen LogP contribution in [-0.2, 0) is 0 Å². The van der Waals surface area contributed by atoms with E-state index in [1.165, 1.54) is 12.1 Å². The van der Waals surface area contributed by atoms with Crippen LogP contribution in [0.4, 0.5) is 21.6 Å². The van der Waals surface area contributed by atoms with Crippen LogP contribution in [0.1, 0.15) is 0 Å². The Morgan fingerprint density at radius 3 is 2.62 bits per heavy atom. The number of nitrogens with two attached hydrogens (primary N) is 1. The van der Waals surface area contributed by atoms with Crippen molar-refractivity contribution in [1.82, 2.24) is 19.6 Å². The molecule has 3 aromatic carbocycles. The Morgan fingerprint density at radius 2 is 1.79 bits per heavy atom. The van der Waals surface area contributed by atoms with Crippen LogP contribution in [0.2, 0.25) is 0 Å². The van der Waals surface area contributed by atoms with E-state index in [0.29, 0.717) is 11.5 Å². The fourth-order valence-corrected chi connectivity index (χ4v) is 3.48. The van der Waals surface area contributed by atoms with Gasteiger partial charge in [0.1, 0.15) is 18.0 Å². The zero-order chi connectivity index (χ0) is 20.0. The molecule has 2 aromatic heterocycles. The Balaban J connectivity index is 1.65. The molecule has 29 heavy (non-hydrogen) atoms. The quantitative estimate of drug-likeness (QED) is 0.466. The highest BCUT2D eigenvalue weighted by Gasteiger charge is 2.15. The molecule has 0 aliphatic rings. The van der Waals surface area contributed by atoms with Gasteiger partial charge in [-0.15, -0.1) is 10.2 Å². The highest BCUT2D eigenvalue weighted by Crippen LogP contribution is 2.33. The lowest BCUT2D eigenvalue weighted by molar-refractivity contribution is 0.628. The number of aromatic nitrogens is 4. The molecule has 5 aromatic rings. The van der Waals surface area contributed by atoms with Crippen LogP contribution in [-0.4, -0.2) is 26.6 Å². The summed E-state index contributed by atoms with van der Waals surface area (Å²) in [5.41, 5.74) is 10.4. The summed E-state index contributed by atoms with van der Waals surface area (Å²) in [7, 11) is 1.95. The Labute approximate surface area is 166 Å². The van der Waals surface area contributed by atoms with Crippen molar-refractivity contribution in [2.24, 2.45) is 0 Å². The first kappa shape index (κ1) is 17.1. The lowest BCUT2D eigenvalue weighted by Crippen LogP contribution is -2.13. The van der Waals surface area contributed by atoms with Gasteiger partial charge in [0.05, 0.1) is 5.52 Å². The average Bonchev–Trinajstić information content (AvgIpc) is 3.22. The van der Waals surface area contributed by atoms with Crippen LogP contribution in [0, 0.1) is 5.82 Å². The third kappa shape index (κ3) is 2.93. The number of nitrogen functional groups attached to an aromatic ring is 1. The summed E-state index contributed by atoms with van der Waals surface area (Å²) in [4.78, 5) is 6.71. The second-order valence-electron chi connectivity index (χ2n) is 6.83. The van der Waals surface area contributed by atoms with Crippen molar-refractivity contribution < 1.29 is 4.39 Å². The van der Waals surface area contributed by atoms with Crippen LogP contribution >= 0.6 is 0 Å². The molecule has 6 nitrogen and oxygen atoms in total. The van der Waals surface area contributed by atoms with Gasteiger partial charge >= 0.3 is 0 Å². The molecule has 2 heterocycles. The van der Waals surface area contributed by atoms with Gasteiger partial charge in [-0.2, -0.15) is 4.98 Å². The van der Waals surface area contributed by atoms with Gasteiger partial charge < -0.3 is 10.6 Å². The van der Waals surface area contributed by atoms with Crippen molar-refractivity contribution in [2.45, 2.75) is 0 Å². The first-order valence-corrected chi connectivity index (χ1v) is 9.09. The molecule has 5 rings (SSSR count). The summed E-state index contributed by atoms with van der Waals surface area (Å²) in [6, 6.07) is 20.2. The molecule has 0 radical (unpaired) electrons. The molecule has 0 fully saturated rings. The molecular formula is C22H17FN6. The molecule has 0 aliphatic carbocycles. The van der Waals surface area contributed by atoms with Gasteiger partial charge in [-0.25, -0.2) is 4.39 Å². The van der Waals surface area contributed by atoms with E-state index < -0.39 is 0 Å². The van der Waals surface area contributed by atoms with E-state index >= 15 is 0 Å². The molecule has 0 spiro atoms. The molecule has 0 bridgehead atoms. The molecule has 0 saturated carbocycles. The third-order valence-electron chi connectivity index (χ3n) is 4.99. The average molecular weight is 384 g/mol. The number of halogens is 1. The maximum Gasteiger partial charge on any atom is 0.257 e. The number of nitrogens with zero attached hydrogens (tertiary/aromatic N) is 5. The summed E-state index contributed by atoms with van der Waals surface area (Å²) in [5, 5.41) is 9.01. The number of hydrogen-bond acceptors (Lipinski definition) is 5. The Hall–Kier alpha value is -4.00. The van der Waals surface area contributed by atoms with E-state index in [-0.39, 0.29) is 5.82 Å². The van der Waals surface area contributed by atoms with Gasteiger partial charge in [0.15, 0.2) is 0 Å². The zero-order valence-electron chi connectivity index (χ0n) is 15.6. The van der Waals surface area contributed by atoms with E-state index in [1.54, 1.807) is 18.5 Å². The Bertz CT molecular complexity index is 1340. The monoisotopic (exact) mass is 384 g/mol. The largest absolute Gasteiger partial charge is 0.399 e. The van der Waals surface area contributed by atoms with Crippen LogP contribution < -0.4 is 10.6 Å². The van der Waals surface area contributed by atoms with Gasteiger partial charge in [-0.05, 0) is 53.6 Å². The van der Waals surface area contributed by atoms with Crippen LogP contribution in [0.5, 0.6) is 0 Å². The van der Waals surface area contributed by atoms with Gasteiger partial charge in [0.2, 0.25) is 0 Å². The second-order valence-corrected chi connectivity index (χ2v) is 6.83. The van der Waals surface area contributed by atoms with Crippen LogP contribution in [0.15, 0.2) is 73.1 Å². The first-order chi connectivity index (χ1) is 14.1. The maximum absolute atomic E-state index is 13.3. The third-order valence-corrected chi connectivity index (χ3v) is 4.99. The molecule has 142 valence electrons. The number of anilines is 3. The normalized spacial score (nSPS) is 11.2. The van der Waals surface area contributed by atoms with Crippen molar-refractivity contribution in [3.63, 3.8) is 0 Å². The van der Waals surface area contributed by atoms with Crippen molar-refractivity contribution in [1.29, 1.82) is 0 Å². The van der Waals surface area contributed by atoms with Gasteiger partial charge in [0, 0.05) is 23.8 Å². The fourth-order valence-electron chi connectivity index (χ4n) is 3.48. The Morgan fingerprint density at radius 1 is 0.966 bits per heavy atom. The minimum absolute atomic E-state index is 0.251. The minimum atomic E-state index is -0.251. The van der Waals surface area contributed by atoms with E-state index in [9.17, 15) is 4.39 Å². The van der Waals surface area contributed by atoms with Crippen molar-refractivity contribution in [3.8, 4) is 11.1 Å². The maximum atomic E-state index is 13.3. The lowest BCUT2D eigenvalue weighted by atomic mass is 10.0. The van der Waals surface area contributed by atoms with Crippen LogP contribution in [0.3, 0.4) is 0 Å². The molecule has 2 N–H and O–H groups in total. The predicted octanol–water partition coefficient (Wildman–Crippen LogP) is 4.43. The molecule has 0 amide bonds. The van der Waals surface area contributed by atoms with Crippen molar-refractivity contribution in [3.05, 3.63) is 78.9 Å². The molecule has 0 aliphatic heterocycles. The summed E-state index contributed by atoms with van der Waals surface area (Å²) in [6.45, 7) is 0. The minimum Gasteiger partial charge on any atom is -0.399 e. The first-order valence-electron chi connectivity index (χ1n) is 9.09. The summed E-state index contributed by atoms with van der Waals surface area (Å²) in [6.07, 6.45) is 1.63. The molecule has 7 heteroatoms. The number of rotatable bonds is 3. The number of benzene rings is 3. The fraction of sp³-hybridized carbons (Fsp3) is 0.0455. The predicted molar refractivity (Wildman–Crippen MR) is 113 cm³/mol. The molecule has 0 saturated heterocycles.